The van der Waals surface area contributed by atoms with Gasteiger partial charge in [-0.05, 0) is 19.8 Å². The number of aryl methyl sites for hydroxylation is 2. The van der Waals surface area contributed by atoms with E-state index in [2.05, 4.69) is 30.1 Å². The van der Waals surface area contributed by atoms with Crippen molar-refractivity contribution in [2.75, 3.05) is 0 Å². The molecule has 9 heteroatoms. The minimum Gasteiger partial charge on any atom is -0.420 e. The van der Waals surface area contributed by atoms with Crippen LogP contribution in [0.4, 0.5) is 0 Å². The Bertz CT molecular complexity index is 1120. The van der Waals surface area contributed by atoms with Crippen LogP contribution in [0.25, 0.3) is 22.7 Å². The average Bonchev–Trinajstić information content (AvgIpc) is 3.42. The molecule has 0 spiro atoms. The van der Waals surface area contributed by atoms with E-state index in [0.717, 1.165) is 35.1 Å². The molecule has 0 aliphatic carbocycles. The summed E-state index contributed by atoms with van der Waals surface area (Å²) < 4.78 is 13.6. The van der Waals surface area contributed by atoms with Gasteiger partial charge in [0.2, 0.25) is 5.89 Å². The van der Waals surface area contributed by atoms with Crippen LogP contribution in [0.1, 0.15) is 36.7 Å². The highest BCUT2D eigenvalue weighted by Crippen LogP contribution is 2.34. The quantitative estimate of drug-likeness (QED) is 0.451. The van der Waals surface area contributed by atoms with Gasteiger partial charge in [0.25, 0.3) is 5.89 Å². The molecular formula is C20H20N6O2S. The lowest BCUT2D eigenvalue weighted by molar-refractivity contribution is 0.399. The smallest absolute Gasteiger partial charge is 0.253 e. The molecule has 1 aromatic carbocycles. The Morgan fingerprint density at radius 2 is 1.93 bits per heavy atom. The summed E-state index contributed by atoms with van der Waals surface area (Å²) in [4.78, 5) is 0. The van der Waals surface area contributed by atoms with Crippen LogP contribution < -0.4 is 0 Å². The number of benzene rings is 1. The fourth-order valence-electron chi connectivity index (χ4n) is 3.52. The third kappa shape index (κ3) is 3.57. The molecule has 3 aromatic heterocycles. The van der Waals surface area contributed by atoms with Gasteiger partial charge in [0.15, 0.2) is 5.16 Å². The molecule has 0 saturated heterocycles. The molecule has 1 aliphatic heterocycles. The molecule has 0 N–H and O–H groups in total. The minimum atomic E-state index is 0.415. The van der Waals surface area contributed by atoms with Crippen molar-refractivity contribution in [1.82, 2.24) is 30.1 Å². The van der Waals surface area contributed by atoms with Gasteiger partial charge in [-0.1, -0.05) is 53.7 Å². The van der Waals surface area contributed by atoms with Crippen molar-refractivity contribution < 1.29 is 8.94 Å². The van der Waals surface area contributed by atoms with Crippen molar-refractivity contribution in [2.24, 2.45) is 0 Å². The van der Waals surface area contributed by atoms with E-state index in [1.807, 2.05) is 37.3 Å². The molecule has 5 rings (SSSR count). The van der Waals surface area contributed by atoms with Crippen molar-refractivity contribution in [2.45, 2.75) is 50.1 Å². The standard InChI is InChI=1S/C20H20N6O2S/c1-13-17(18(25-28-13)14-8-4-2-5-9-14)19-23-22-16(27-19)12-29-20-24-21-15-10-6-3-7-11-26(15)20/h2,4-5,8-9H,3,6-7,10-12H2,1H3. The number of hydrogen-bond acceptors (Lipinski definition) is 8. The summed E-state index contributed by atoms with van der Waals surface area (Å²) in [5.74, 6) is 3.21. The highest BCUT2D eigenvalue weighted by atomic mass is 32.2. The first kappa shape index (κ1) is 18.1. The Morgan fingerprint density at radius 1 is 1.03 bits per heavy atom. The van der Waals surface area contributed by atoms with E-state index in [0.29, 0.717) is 29.0 Å². The Hall–Kier alpha value is -2.94. The third-order valence-corrected chi connectivity index (χ3v) is 5.94. The summed E-state index contributed by atoms with van der Waals surface area (Å²) in [6.45, 7) is 2.82. The summed E-state index contributed by atoms with van der Waals surface area (Å²) in [5, 5.41) is 22.2. The lowest BCUT2D eigenvalue weighted by Crippen LogP contribution is -2.02. The highest BCUT2D eigenvalue weighted by molar-refractivity contribution is 7.98. The second-order valence-corrected chi connectivity index (χ2v) is 7.92. The Labute approximate surface area is 171 Å². The first-order valence-electron chi connectivity index (χ1n) is 9.69. The van der Waals surface area contributed by atoms with Gasteiger partial charge in [-0.2, -0.15) is 0 Å². The summed E-state index contributed by atoms with van der Waals surface area (Å²) in [6.07, 6.45) is 4.58. The molecule has 4 aromatic rings. The van der Waals surface area contributed by atoms with Gasteiger partial charge in [0, 0.05) is 18.5 Å². The second-order valence-electron chi connectivity index (χ2n) is 6.98. The molecule has 29 heavy (non-hydrogen) atoms. The average molecular weight is 408 g/mol. The van der Waals surface area contributed by atoms with E-state index < -0.39 is 0 Å². The molecule has 4 heterocycles. The zero-order chi connectivity index (χ0) is 19.6. The van der Waals surface area contributed by atoms with Crippen LogP contribution in [0.15, 0.2) is 44.4 Å². The maximum atomic E-state index is 5.94. The SMILES string of the molecule is Cc1onc(-c2ccccc2)c1-c1nnc(CSc2nnc3n2CCCCC3)o1. The van der Waals surface area contributed by atoms with Crippen molar-refractivity contribution in [3.05, 3.63) is 47.8 Å². The molecule has 0 atom stereocenters. The van der Waals surface area contributed by atoms with E-state index in [-0.39, 0.29) is 0 Å². The minimum absolute atomic E-state index is 0.415. The van der Waals surface area contributed by atoms with E-state index in [1.165, 1.54) is 19.3 Å². The zero-order valence-corrected chi connectivity index (χ0v) is 16.9. The van der Waals surface area contributed by atoms with Crippen LogP contribution >= 0.6 is 11.8 Å². The van der Waals surface area contributed by atoms with E-state index >= 15 is 0 Å². The predicted octanol–water partition coefficient (Wildman–Crippen LogP) is 4.31. The molecule has 0 bridgehead atoms. The number of nitrogens with zero attached hydrogens (tertiary/aromatic N) is 6. The van der Waals surface area contributed by atoms with Crippen LogP contribution in [-0.4, -0.2) is 30.1 Å². The number of fused-ring (bicyclic) bond motifs is 1. The molecular weight excluding hydrogens is 388 g/mol. The fourth-order valence-corrected chi connectivity index (χ4v) is 4.34. The topological polar surface area (TPSA) is 95.7 Å². The van der Waals surface area contributed by atoms with Gasteiger partial charge in [0.05, 0.1) is 5.75 Å². The van der Waals surface area contributed by atoms with Crippen molar-refractivity contribution in [1.29, 1.82) is 0 Å². The van der Waals surface area contributed by atoms with Gasteiger partial charge in [-0.25, -0.2) is 0 Å². The van der Waals surface area contributed by atoms with Crippen molar-refractivity contribution in [3.63, 3.8) is 0 Å². The second kappa shape index (κ2) is 7.82. The third-order valence-electron chi connectivity index (χ3n) is 4.99. The van der Waals surface area contributed by atoms with E-state index in [1.54, 1.807) is 11.8 Å². The lowest BCUT2D eigenvalue weighted by Gasteiger charge is -2.04. The normalized spacial score (nSPS) is 14.0. The zero-order valence-electron chi connectivity index (χ0n) is 16.0. The van der Waals surface area contributed by atoms with Crippen molar-refractivity contribution in [3.8, 4) is 22.7 Å². The van der Waals surface area contributed by atoms with E-state index in [9.17, 15) is 0 Å². The molecule has 1 aliphatic rings. The Balaban J connectivity index is 1.36. The predicted molar refractivity (Wildman–Crippen MR) is 107 cm³/mol. The molecule has 8 nitrogen and oxygen atoms in total. The molecule has 0 amide bonds. The molecule has 0 radical (unpaired) electrons. The first-order valence-corrected chi connectivity index (χ1v) is 10.7. The number of rotatable bonds is 5. The largest absolute Gasteiger partial charge is 0.420 e. The molecule has 148 valence electrons. The van der Waals surface area contributed by atoms with Gasteiger partial charge in [-0.15, -0.1) is 20.4 Å². The van der Waals surface area contributed by atoms with Gasteiger partial charge < -0.3 is 13.5 Å². The molecule has 0 unspecified atom stereocenters. The molecule has 0 saturated carbocycles. The maximum absolute atomic E-state index is 5.94. The lowest BCUT2D eigenvalue weighted by atomic mass is 10.1. The van der Waals surface area contributed by atoms with Crippen LogP contribution in [0.5, 0.6) is 0 Å². The Morgan fingerprint density at radius 3 is 2.83 bits per heavy atom. The van der Waals surface area contributed by atoms with Gasteiger partial charge >= 0.3 is 0 Å². The van der Waals surface area contributed by atoms with Gasteiger partial charge in [-0.3, -0.25) is 0 Å². The highest BCUT2D eigenvalue weighted by Gasteiger charge is 2.22. The monoisotopic (exact) mass is 408 g/mol. The molecule has 0 fully saturated rings. The summed E-state index contributed by atoms with van der Waals surface area (Å²) in [5.41, 5.74) is 2.38. The number of thioether (sulfide) groups is 1. The summed E-state index contributed by atoms with van der Waals surface area (Å²) in [7, 11) is 0. The van der Waals surface area contributed by atoms with Crippen molar-refractivity contribution >= 4 is 11.8 Å². The van der Waals surface area contributed by atoms with Crippen LogP contribution in [-0.2, 0) is 18.7 Å². The summed E-state index contributed by atoms with van der Waals surface area (Å²) in [6, 6.07) is 9.83. The van der Waals surface area contributed by atoms with E-state index in [4.69, 9.17) is 8.94 Å². The van der Waals surface area contributed by atoms with Crippen LogP contribution in [0.3, 0.4) is 0 Å². The fraction of sp³-hybridized carbons (Fsp3) is 0.350. The van der Waals surface area contributed by atoms with Gasteiger partial charge in [0.1, 0.15) is 22.8 Å². The summed E-state index contributed by atoms with van der Waals surface area (Å²) >= 11 is 1.57. The van der Waals surface area contributed by atoms with Crippen LogP contribution in [0.2, 0.25) is 0 Å². The number of aromatic nitrogens is 6. The first-order chi connectivity index (χ1) is 14.3. The Kier molecular flexibility index (Phi) is 4.89. The maximum Gasteiger partial charge on any atom is 0.253 e. The van der Waals surface area contributed by atoms with Crippen LogP contribution in [0, 0.1) is 6.92 Å². The number of hydrogen-bond donors (Lipinski definition) is 0.